The van der Waals surface area contributed by atoms with Crippen LogP contribution in [0.2, 0.25) is 0 Å². The van der Waals surface area contributed by atoms with Crippen LogP contribution < -0.4 is 15.8 Å². The summed E-state index contributed by atoms with van der Waals surface area (Å²) in [6.07, 6.45) is 1.27. The predicted molar refractivity (Wildman–Crippen MR) is 68.1 cm³/mol. The van der Waals surface area contributed by atoms with Gasteiger partial charge in [0.05, 0.1) is 7.11 Å². The summed E-state index contributed by atoms with van der Waals surface area (Å²) in [4.78, 5) is 11.2. The Labute approximate surface area is 102 Å². The van der Waals surface area contributed by atoms with Gasteiger partial charge in [0.15, 0.2) is 0 Å². The molecule has 1 aromatic carbocycles. The SMILES string of the molecule is CNC(=O)CCC(CN)c1ccc(OC)cc1. The Hall–Kier alpha value is -1.55. The molecule has 1 atom stereocenters. The summed E-state index contributed by atoms with van der Waals surface area (Å²) in [6.45, 7) is 0.545. The first-order valence-electron chi connectivity index (χ1n) is 5.75. The number of ether oxygens (including phenoxy) is 1. The van der Waals surface area contributed by atoms with E-state index in [4.69, 9.17) is 10.5 Å². The van der Waals surface area contributed by atoms with E-state index >= 15 is 0 Å². The summed E-state index contributed by atoms with van der Waals surface area (Å²) in [6, 6.07) is 7.83. The highest BCUT2D eigenvalue weighted by atomic mass is 16.5. The fourth-order valence-electron chi connectivity index (χ4n) is 1.73. The highest BCUT2D eigenvalue weighted by Gasteiger charge is 2.11. The maximum atomic E-state index is 11.2. The number of rotatable bonds is 6. The van der Waals surface area contributed by atoms with Crippen LogP contribution in [0.5, 0.6) is 5.75 Å². The van der Waals surface area contributed by atoms with Crippen LogP contribution in [0, 0.1) is 0 Å². The molecule has 0 aliphatic carbocycles. The zero-order valence-corrected chi connectivity index (χ0v) is 10.4. The van der Waals surface area contributed by atoms with Gasteiger partial charge in [0.25, 0.3) is 0 Å². The summed E-state index contributed by atoms with van der Waals surface area (Å²) < 4.78 is 5.10. The molecule has 4 heteroatoms. The largest absolute Gasteiger partial charge is 0.497 e. The monoisotopic (exact) mass is 236 g/mol. The lowest BCUT2D eigenvalue weighted by molar-refractivity contribution is -0.120. The molecule has 0 saturated carbocycles. The Morgan fingerprint density at radius 3 is 2.53 bits per heavy atom. The van der Waals surface area contributed by atoms with Gasteiger partial charge in [-0.05, 0) is 36.6 Å². The molecule has 0 fully saturated rings. The molecule has 1 unspecified atom stereocenters. The summed E-state index contributed by atoms with van der Waals surface area (Å²) in [5, 5.41) is 2.61. The zero-order chi connectivity index (χ0) is 12.7. The number of nitrogens with one attached hydrogen (secondary N) is 1. The quantitative estimate of drug-likeness (QED) is 0.781. The summed E-state index contributed by atoms with van der Waals surface area (Å²) in [7, 11) is 3.29. The van der Waals surface area contributed by atoms with Crippen LogP contribution in [-0.4, -0.2) is 26.6 Å². The Morgan fingerprint density at radius 2 is 2.06 bits per heavy atom. The van der Waals surface area contributed by atoms with Crippen molar-refractivity contribution >= 4 is 5.91 Å². The lowest BCUT2D eigenvalue weighted by atomic mass is 9.94. The molecule has 17 heavy (non-hydrogen) atoms. The third-order valence-electron chi connectivity index (χ3n) is 2.87. The van der Waals surface area contributed by atoms with Crippen LogP contribution in [0.1, 0.15) is 24.3 Å². The molecule has 0 aliphatic rings. The van der Waals surface area contributed by atoms with Gasteiger partial charge in [-0.3, -0.25) is 4.79 Å². The molecular weight excluding hydrogens is 216 g/mol. The van der Waals surface area contributed by atoms with Gasteiger partial charge in [0, 0.05) is 13.5 Å². The number of benzene rings is 1. The van der Waals surface area contributed by atoms with E-state index in [-0.39, 0.29) is 11.8 Å². The van der Waals surface area contributed by atoms with E-state index < -0.39 is 0 Å². The number of methoxy groups -OCH3 is 1. The minimum Gasteiger partial charge on any atom is -0.497 e. The molecule has 0 saturated heterocycles. The fraction of sp³-hybridized carbons (Fsp3) is 0.462. The number of carbonyl (C=O) groups is 1. The highest BCUT2D eigenvalue weighted by molar-refractivity contribution is 5.75. The van der Waals surface area contributed by atoms with Crippen LogP contribution in [0.15, 0.2) is 24.3 Å². The summed E-state index contributed by atoms with van der Waals surface area (Å²) in [5.41, 5.74) is 6.89. The third-order valence-corrected chi connectivity index (χ3v) is 2.87. The first-order valence-corrected chi connectivity index (χ1v) is 5.75. The first kappa shape index (κ1) is 13.5. The van der Waals surface area contributed by atoms with Gasteiger partial charge in [-0.15, -0.1) is 0 Å². The molecule has 0 radical (unpaired) electrons. The lowest BCUT2D eigenvalue weighted by Gasteiger charge is -2.15. The zero-order valence-electron chi connectivity index (χ0n) is 10.4. The molecule has 1 aromatic rings. The lowest BCUT2D eigenvalue weighted by Crippen LogP contribution is -2.20. The van der Waals surface area contributed by atoms with E-state index in [0.29, 0.717) is 13.0 Å². The maximum Gasteiger partial charge on any atom is 0.219 e. The number of nitrogens with two attached hydrogens (primary N) is 1. The van der Waals surface area contributed by atoms with Gasteiger partial charge in [-0.25, -0.2) is 0 Å². The maximum absolute atomic E-state index is 11.2. The molecule has 1 amide bonds. The van der Waals surface area contributed by atoms with Gasteiger partial charge in [0.1, 0.15) is 5.75 Å². The molecule has 3 N–H and O–H groups in total. The molecular formula is C13H20N2O2. The summed E-state index contributed by atoms with van der Waals surface area (Å²) in [5.74, 6) is 1.10. The van der Waals surface area contributed by atoms with E-state index in [1.54, 1.807) is 14.2 Å². The third kappa shape index (κ3) is 4.07. The Balaban J connectivity index is 2.62. The Bertz CT molecular complexity index is 349. The van der Waals surface area contributed by atoms with Crippen molar-refractivity contribution in [3.63, 3.8) is 0 Å². The number of carbonyl (C=O) groups excluding carboxylic acids is 1. The van der Waals surface area contributed by atoms with Crippen molar-refractivity contribution in [1.82, 2.24) is 5.32 Å². The number of amides is 1. The topological polar surface area (TPSA) is 64.4 Å². The van der Waals surface area contributed by atoms with Gasteiger partial charge >= 0.3 is 0 Å². The van der Waals surface area contributed by atoms with E-state index in [2.05, 4.69) is 5.32 Å². The van der Waals surface area contributed by atoms with Gasteiger partial charge in [0.2, 0.25) is 5.91 Å². The molecule has 4 nitrogen and oxygen atoms in total. The van der Waals surface area contributed by atoms with E-state index in [1.165, 1.54) is 0 Å². The highest BCUT2D eigenvalue weighted by Crippen LogP contribution is 2.22. The molecule has 1 rings (SSSR count). The van der Waals surface area contributed by atoms with Crippen molar-refractivity contribution in [3.8, 4) is 5.75 Å². The predicted octanol–water partition coefficient (Wildman–Crippen LogP) is 1.26. The van der Waals surface area contributed by atoms with Crippen molar-refractivity contribution in [3.05, 3.63) is 29.8 Å². The van der Waals surface area contributed by atoms with E-state index in [0.717, 1.165) is 17.7 Å². The Morgan fingerprint density at radius 1 is 1.41 bits per heavy atom. The van der Waals surface area contributed by atoms with Gasteiger partial charge in [-0.2, -0.15) is 0 Å². The number of hydrogen-bond acceptors (Lipinski definition) is 3. The second-order valence-corrected chi connectivity index (χ2v) is 3.92. The minimum atomic E-state index is 0.0527. The van der Waals surface area contributed by atoms with Crippen LogP contribution >= 0.6 is 0 Å². The fourth-order valence-corrected chi connectivity index (χ4v) is 1.73. The molecule has 94 valence electrons. The average Bonchev–Trinajstić information content (AvgIpc) is 2.39. The normalized spacial score (nSPS) is 11.9. The second kappa shape index (κ2) is 6.91. The standard InChI is InChI=1S/C13H20N2O2/c1-15-13(16)8-5-11(9-14)10-3-6-12(17-2)7-4-10/h3-4,6-7,11H,5,8-9,14H2,1-2H3,(H,15,16). The Kier molecular flexibility index (Phi) is 5.49. The average molecular weight is 236 g/mol. The van der Waals surface area contributed by atoms with Crippen LogP contribution in [-0.2, 0) is 4.79 Å². The second-order valence-electron chi connectivity index (χ2n) is 3.92. The molecule has 0 heterocycles. The summed E-state index contributed by atoms with van der Waals surface area (Å²) >= 11 is 0. The van der Waals surface area contributed by atoms with E-state index in [1.807, 2.05) is 24.3 Å². The van der Waals surface area contributed by atoms with Gasteiger partial charge in [-0.1, -0.05) is 12.1 Å². The van der Waals surface area contributed by atoms with Crippen molar-refractivity contribution in [2.45, 2.75) is 18.8 Å². The number of hydrogen-bond donors (Lipinski definition) is 2. The van der Waals surface area contributed by atoms with Crippen molar-refractivity contribution in [1.29, 1.82) is 0 Å². The van der Waals surface area contributed by atoms with Crippen molar-refractivity contribution in [2.75, 3.05) is 20.7 Å². The van der Waals surface area contributed by atoms with Gasteiger partial charge < -0.3 is 15.8 Å². The van der Waals surface area contributed by atoms with Crippen LogP contribution in [0.25, 0.3) is 0 Å². The smallest absolute Gasteiger partial charge is 0.219 e. The van der Waals surface area contributed by atoms with Crippen LogP contribution in [0.4, 0.5) is 0 Å². The van der Waals surface area contributed by atoms with Crippen molar-refractivity contribution in [2.24, 2.45) is 5.73 Å². The molecule has 0 bridgehead atoms. The van der Waals surface area contributed by atoms with Crippen LogP contribution in [0.3, 0.4) is 0 Å². The first-order chi connectivity index (χ1) is 8.21. The molecule has 0 spiro atoms. The minimum absolute atomic E-state index is 0.0527. The molecule has 0 aliphatic heterocycles. The van der Waals surface area contributed by atoms with Crippen molar-refractivity contribution < 1.29 is 9.53 Å². The van der Waals surface area contributed by atoms with E-state index in [9.17, 15) is 4.79 Å². The molecule has 0 aromatic heterocycles.